The van der Waals surface area contributed by atoms with E-state index in [-0.39, 0.29) is 30.2 Å². The van der Waals surface area contributed by atoms with Crippen molar-refractivity contribution in [2.45, 2.75) is 12.5 Å². The molecule has 2 heterocycles. The fourth-order valence-electron chi connectivity index (χ4n) is 2.83. The normalized spacial score (nSPS) is 21.5. The summed E-state index contributed by atoms with van der Waals surface area (Å²) in [7, 11) is -3.33. The third kappa shape index (κ3) is 3.85. The first kappa shape index (κ1) is 16.7. The smallest absolute Gasteiger partial charge is 0.229 e. The fourth-order valence-corrected chi connectivity index (χ4v) is 3.40. The number of likely N-dealkylation sites (tertiary alicyclic amines) is 1. The predicted octanol–water partition coefficient (Wildman–Crippen LogP) is -0.183. The highest BCUT2D eigenvalue weighted by atomic mass is 32.2. The standard InChI is InChI=1S/C15H20N4O4S/c1-24(22,23)18-12-4-2-11(3-5-12)17-15(21)10-6-14(20)19(9-10)13-7-16-8-13/h2-5,10,13,16,18H,6-9H2,1H3,(H,17,21). The number of anilines is 2. The minimum Gasteiger partial charge on any atom is -0.336 e. The summed E-state index contributed by atoms with van der Waals surface area (Å²) >= 11 is 0. The molecule has 2 saturated heterocycles. The van der Waals surface area contributed by atoms with Crippen molar-refractivity contribution in [3.8, 4) is 0 Å². The summed E-state index contributed by atoms with van der Waals surface area (Å²) in [4.78, 5) is 26.1. The van der Waals surface area contributed by atoms with Crippen molar-refractivity contribution in [2.24, 2.45) is 5.92 Å². The van der Waals surface area contributed by atoms with E-state index < -0.39 is 10.0 Å². The number of benzene rings is 1. The van der Waals surface area contributed by atoms with Gasteiger partial charge >= 0.3 is 0 Å². The maximum atomic E-state index is 12.3. The summed E-state index contributed by atoms with van der Waals surface area (Å²) in [5.74, 6) is -0.525. The SMILES string of the molecule is CS(=O)(=O)Nc1ccc(NC(=O)C2CC(=O)N(C3CNC3)C2)cc1. The third-order valence-electron chi connectivity index (χ3n) is 4.19. The Bertz CT molecular complexity index is 743. The molecule has 1 unspecified atom stereocenters. The number of rotatable bonds is 5. The molecule has 0 radical (unpaired) electrons. The molecule has 3 rings (SSSR count). The average molecular weight is 352 g/mol. The molecule has 2 aliphatic heterocycles. The molecule has 0 bridgehead atoms. The van der Waals surface area contributed by atoms with Gasteiger partial charge in [-0.15, -0.1) is 0 Å². The van der Waals surface area contributed by atoms with Gasteiger partial charge in [0, 0.05) is 37.4 Å². The minimum atomic E-state index is -3.33. The van der Waals surface area contributed by atoms with Crippen molar-refractivity contribution in [3.63, 3.8) is 0 Å². The van der Waals surface area contributed by atoms with Gasteiger partial charge < -0.3 is 15.5 Å². The maximum absolute atomic E-state index is 12.3. The Balaban J connectivity index is 1.58. The van der Waals surface area contributed by atoms with Crippen molar-refractivity contribution in [1.29, 1.82) is 0 Å². The highest BCUT2D eigenvalue weighted by molar-refractivity contribution is 7.92. The van der Waals surface area contributed by atoms with E-state index in [0.29, 0.717) is 17.9 Å². The zero-order valence-electron chi connectivity index (χ0n) is 13.3. The highest BCUT2D eigenvalue weighted by Gasteiger charge is 2.39. The second-order valence-electron chi connectivity index (χ2n) is 6.20. The van der Waals surface area contributed by atoms with Gasteiger partial charge in [-0.25, -0.2) is 8.42 Å². The van der Waals surface area contributed by atoms with E-state index in [4.69, 9.17) is 0 Å². The molecular weight excluding hydrogens is 332 g/mol. The van der Waals surface area contributed by atoms with Gasteiger partial charge in [0.15, 0.2) is 0 Å². The van der Waals surface area contributed by atoms with Crippen LogP contribution in [0.15, 0.2) is 24.3 Å². The number of hydrogen-bond acceptors (Lipinski definition) is 5. The van der Waals surface area contributed by atoms with Gasteiger partial charge in [-0.05, 0) is 24.3 Å². The Morgan fingerprint density at radius 3 is 2.38 bits per heavy atom. The lowest BCUT2D eigenvalue weighted by Crippen LogP contribution is -2.57. The van der Waals surface area contributed by atoms with Crippen LogP contribution in [0.1, 0.15) is 6.42 Å². The van der Waals surface area contributed by atoms with Crippen LogP contribution in [0.25, 0.3) is 0 Å². The molecule has 1 atom stereocenters. The van der Waals surface area contributed by atoms with Gasteiger partial charge in [0.1, 0.15) is 0 Å². The number of amides is 2. The van der Waals surface area contributed by atoms with E-state index in [9.17, 15) is 18.0 Å². The molecule has 9 heteroatoms. The van der Waals surface area contributed by atoms with Gasteiger partial charge in [-0.2, -0.15) is 0 Å². The van der Waals surface area contributed by atoms with E-state index in [1.54, 1.807) is 29.2 Å². The lowest BCUT2D eigenvalue weighted by molar-refractivity contribution is -0.130. The van der Waals surface area contributed by atoms with Crippen LogP contribution in [0.3, 0.4) is 0 Å². The minimum absolute atomic E-state index is 0.0225. The molecule has 0 spiro atoms. The van der Waals surface area contributed by atoms with Gasteiger partial charge in [0.05, 0.1) is 18.2 Å². The molecule has 8 nitrogen and oxygen atoms in total. The van der Waals surface area contributed by atoms with E-state index >= 15 is 0 Å². The Hall–Kier alpha value is -2.13. The van der Waals surface area contributed by atoms with Crippen molar-refractivity contribution >= 4 is 33.2 Å². The topological polar surface area (TPSA) is 108 Å². The van der Waals surface area contributed by atoms with E-state index in [2.05, 4.69) is 15.4 Å². The Morgan fingerprint density at radius 2 is 1.83 bits per heavy atom. The number of hydrogen-bond donors (Lipinski definition) is 3. The number of nitrogens with zero attached hydrogens (tertiary/aromatic N) is 1. The summed E-state index contributed by atoms with van der Waals surface area (Å²) < 4.78 is 24.7. The van der Waals surface area contributed by atoms with Crippen LogP contribution in [0.2, 0.25) is 0 Å². The number of carbonyl (C=O) groups excluding carboxylic acids is 2. The van der Waals surface area contributed by atoms with Gasteiger partial charge in [-0.1, -0.05) is 0 Å². The van der Waals surface area contributed by atoms with Gasteiger partial charge in [0.25, 0.3) is 0 Å². The van der Waals surface area contributed by atoms with Crippen LogP contribution in [-0.2, 0) is 19.6 Å². The molecule has 1 aromatic carbocycles. The molecule has 3 N–H and O–H groups in total. The second-order valence-corrected chi connectivity index (χ2v) is 7.95. The Morgan fingerprint density at radius 1 is 1.21 bits per heavy atom. The molecule has 2 aliphatic rings. The first-order chi connectivity index (χ1) is 11.3. The molecule has 2 amide bonds. The molecule has 130 valence electrons. The van der Waals surface area contributed by atoms with Crippen LogP contribution in [0.4, 0.5) is 11.4 Å². The van der Waals surface area contributed by atoms with E-state index in [0.717, 1.165) is 19.3 Å². The first-order valence-corrected chi connectivity index (χ1v) is 9.60. The zero-order valence-corrected chi connectivity index (χ0v) is 14.1. The average Bonchev–Trinajstić information content (AvgIpc) is 2.80. The predicted molar refractivity (Wildman–Crippen MR) is 90.0 cm³/mol. The highest BCUT2D eigenvalue weighted by Crippen LogP contribution is 2.23. The molecule has 0 aromatic heterocycles. The number of nitrogens with one attached hydrogen (secondary N) is 3. The van der Waals surface area contributed by atoms with Crippen molar-refractivity contribution in [3.05, 3.63) is 24.3 Å². The van der Waals surface area contributed by atoms with Crippen molar-refractivity contribution in [2.75, 3.05) is 35.9 Å². The zero-order chi connectivity index (χ0) is 17.3. The molecule has 24 heavy (non-hydrogen) atoms. The summed E-state index contributed by atoms with van der Waals surface area (Å²) in [5, 5.41) is 5.90. The lowest BCUT2D eigenvalue weighted by atomic mass is 10.1. The summed E-state index contributed by atoms with van der Waals surface area (Å²) in [5.41, 5.74) is 0.991. The molecule has 0 aliphatic carbocycles. The van der Waals surface area contributed by atoms with Gasteiger partial charge in [-0.3, -0.25) is 14.3 Å². The van der Waals surface area contributed by atoms with Gasteiger partial charge in [0.2, 0.25) is 21.8 Å². The Labute approximate surface area is 140 Å². The first-order valence-electron chi connectivity index (χ1n) is 7.71. The van der Waals surface area contributed by atoms with Crippen LogP contribution < -0.4 is 15.4 Å². The summed E-state index contributed by atoms with van der Waals surface area (Å²) in [6.07, 6.45) is 1.30. The third-order valence-corrected chi connectivity index (χ3v) is 4.79. The van der Waals surface area contributed by atoms with E-state index in [1.807, 2.05) is 0 Å². The maximum Gasteiger partial charge on any atom is 0.229 e. The van der Waals surface area contributed by atoms with Crippen LogP contribution in [0, 0.1) is 5.92 Å². The number of carbonyl (C=O) groups is 2. The Kier molecular flexibility index (Phi) is 4.46. The summed E-state index contributed by atoms with van der Waals surface area (Å²) in [6.45, 7) is 2.02. The van der Waals surface area contributed by atoms with E-state index in [1.165, 1.54) is 0 Å². The fraction of sp³-hybridized carbons (Fsp3) is 0.467. The molecule has 2 fully saturated rings. The van der Waals surface area contributed by atoms with Crippen molar-refractivity contribution in [1.82, 2.24) is 10.2 Å². The molecule has 0 saturated carbocycles. The quantitative estimate of drug-likeness (QED) is 0.681. The molecule has 1 aromatic rings. The second kappa shape index (κ2) is 6.40. The van der Waals surface area contributed by atoms with Crippen molar-refractivity contribution < 1.29 is 18.0 Å². The largest absolute Gasteiger partial charge is 0.336 e. The van der Waals surface area contributed by atoms with Crippen LogP contribution >= 0.6 is 0 Å². The molecular formula is C15H20N4O4S. The summed E-state index contributed by atoms with van der Waals surface area (Å²) in [6, 6.07) is 6.59. The lowest BCUT2D eigenvalue weighted by Gasteiger charge is -2.35. The monoisotopic (exact) mass is 352 g/mol. The number of sulfonamides is 1. The van der Waals surface area contributed by atoms with Crippen LogP contribution in [-0.4, -0.2) is 57.1 Å². The van der Waals surface area contributed by atoms with Crippen LogP contribution in [0.5, 0.6) is 0 Å².